The Bertz CT molecular complexity index is 639. The Kier molecular flexibility index (Phi) is 4.00. The van der Waals surface area contributed by atoms with Crippen LogP contribution in [0.15, 0.2) is 36.4 Å². The van der Waals surface area contributed by atoms with Crippen LogP contribution in [0.5, 0.6) is 11.5 Å². The zero-order valence-corrected chi connectivity index (χ0v) is 11.4. The van der Waals surface area contributed by atoms with E-state index in [1.807, 2.05) is 0 Å². The molecule has 0 bridgehead atoms. The van der Waals surface area contributed by atoms with Crippen molar-refractivity contribution in [2.24, 2.45) is 0 Å². The Morgan fingerprint density at radius 2 is 2.10 bits per heavy atom. The van der Waals surface area contributed by atoms with Crippen LogP contribution in [0.2, 0.25) is 5.02 Å². The minimum Gasteiger partial charge on any atom is -0.504 e. The standard InChI is InChI=1S/C14H13ClN2O3/c1-20-12-6-5-8(7-11(12)18)14(19)17-13-9(15)3-2-4-10(13)16/h2-7,18H,16H2,1H3,(H,17,19). The number of carbonyl (C=O) groups excluding carboxylic acids is 1. The number of halogens is 1. The number of benzene rings is 2. The normalized spacial score (nSPS) is 10.1. The number of carbonyl (C=O) groups is 1. The number of nitrogens with two attached hydrogens (primary N) is 1. The zero-order chi connectivity index (χ0) is 14.7. The minimum atomic E-state index is -0.428. The lowest BCUT2D eigenvalue weighted by Gasteiger charge is -2.11. The lowest BCUT2D eigenvalue weighted by molar-refractivity contribution is 0.102. The number of aromatic hydroxyl groups is 1. The van der Waals surface area contributed by atoms with Crippen LogP contribution in [0.4, 0.5) is 11.4 Å². The molecule has 0 aliphatic heterocycles. The predicted molar refractivity (Wildman–Crippen MR) is 78.5 cm³/mol. The second-order valence-corrected chi connectivity index (χ2v) is 4.45. The van der Waals surface area contributed by atoms with Crippen molar-refractivity contribution in [2.45, 2.75) is 0 Å². The molecule has 4 N–H and O–H groups in total. The maximum absolute atomic E-state index is 12.1. The van der Waals surface area contributed by atoms with Gasteiger partial charge in [-0.05, 0) is 30.3 Å². The van der Waals surface area contributed by atoms with Gasteiger partial charge in [-0.2, -0.15) is 0 Å². The van der Waals surface area contributed by atoms with Gasteiger partial charge in [-0.15, -0.1) is 0 Å². The number of hydrogen-bond acceptors (Lipinski definition) is 4. The van der Waals surface area contributed by atoms with Crippen LogP contribution in [0.3, 0.4) is 0 Å². The third kappa shape index (κ3) is 2.78. The fourth-order valence-electron chi connectivity index (χ4n) is 1.69. The number of nitrogen functional groups attached to an aromatic ring is 1. The fraction of sp³-hybridized carbons (Fsp3) is 0.0714. The number of nitrogens with one attached hydrogen (secondary N) is 1. The summed E-state index contributed by atoms with van der Waals surface area (Å²) < 4.78 is 4.91. The molecular formula is C14H13ClN2O3. The minimum absolute atomic E-state index is 0.118. The number of phenolic OH excluding ortho intramolecular Hbond substituents is 1. The summed E-state index contributed by atoms with van der Waals surface area (Å²) in [5.74, 6) is -0.256. The SMILES string of the molecule is COc1ccc(C(=O)Nc2c(N)cccc2Cl)cc1O. The van der Waals surface area contributed by atoms with Crippen LogP contribution < -0.4 is 15.8 Å². The molecular weight excluding hydrogens is 280 g/mol. The van der Waals surface area contributed by atoms with Gasteiger partial charge >= 0.3 is 0 Å². The molecule has 0 aliphatic carbocycles. The molecule has 104 valence electrons. The molecule has 0 saturated heterocycles. The summed E-state index contributed by atoms with van der Waals surface area (Å²) >= 11 is 5.98. The Morgan fingerprint density at radius 3 is 2.70 bits per heavy atom. The van der Waals surface area contributed by atoms with E-state index in [9.17, 15) is 9.90 Å². The van der Waals surface area contributed by atoms with Gasteiger partial charge in [0.05, 0.1) is 23.5 Å². The van der Waals surface area contributed by atoms with Crippen molar-refractivity contribution in [1.29, 1.82) is 0 Å². The molecule has 1 amide bonds. The molecule has 0 radical (unpaired) electrons. The van der Waals surface area contributed by atoms with E-state index in [1.54, 1.807) is 18.2 Å². The van der Waals surface area contributed by atoms with Crippen molar-refractivity contribution in [1.82, 2.24) is 0 Å². The average Bonchev–Trinajstić information content (AvgIpc) is 2.42. The van der Waals surface area contributed by atoms with E-state index in [2.05, 4.69) is 5.32 Å². The number of methoxy groups -OCH3 is 1. The first kappa shape index (κ1) is 14.0. The van der Waals surface area contributed by atoms with Crippen molar-refractivity contribution in [3.05, 3.63) is 47.0 Å². The molecule has 2 rings (SSSR count). The molecule has 0 aliphatic rings. The van der Waals surface area contributed by atoms with E-state index in [4.69, 9.17) is 22.1 Å². The summed E-state index contributed by atoms with van der Waals surface area (Å²) in [6, 6.07) is 9.28. The third-order valence-electron chi connectivity index (χ3n) is 2.73. The van der Waals surface area contributed by atoms with E-state index >= 15 is 0 Å². The molecule has 0 unspecified atom stereocenters. The molecule has 0 aromatic heterocycles. The molecule has 2 aromatic rings. The summed E-state index contributed by atoms with van der Waals surface area (Å²) in [6.45, 7) is 0. The predicted octanol–water partition coefficient (Wildman–Crippen LogP) is 2.89. The molecule has 0 spiro atoms. The van der Waals surface area contributed by atoms with Crippen molar-refractivity contribution in [3.63, 3.8) is 0 Å². The molecule has 0 fully saturated rings. The number of anilines is 2. The maximum Gasteiger partial charge on any atom is 0.255 e. The van der Waals surface area contributed by atoms with Gasteiger partial charge in [-0.1, -0.05) is 17.7 Å². The monoisotopic (exact) mass is 292 g/mol. The molecule has 20 heavy (non-hydrogen) atoms. The van der Waals surface area contributed by atoms with Gasteiger partial charge in [0.1, 0.15) is 0 Å². The van der Waals surface area contributed by atoms with Gasteiger partial charge in [-0.25, -0.2) is 0 Å². The Hall–Kier alpha value is -2.40. The number of rotatable bonds is 3. The lowest BCUT2D eigenvalue weighted by atomic mass is 10.1. The topological polar surface area (TPSA) is 84.6 Å². The number of para-hydroxylation sites is 1. The lowest BCUT2D eigenvalue weighted by Crippen LogP contribution is -2.13. The van der Waals surface area contributed by atoms with Crippen molar-refractivity contribution in [2.75, 3.05) is 18.2 Å². The number of amides is 1. The van der Waals surface area contributed by atoms with E-state index in [-0.39, 0.29) is 11.3 Å². The van der Waals surface area contributed by atoms with Crippen molar-refractivity contribution < 1.29 is 14.6 Å². The second kappa shape index (κ2) is 5.71. The Labute approximate surface area is 120 Å². The maximum atomic E-state index is 12.1. The fourth-order valence-corrected chi connectivity index (χ4v) is 1.92. The highest BCUT2D eigenvalue weighted by Gasteiger charge is 2.13. The summed E-state index contributed by atoms with van der Waals surface area (Å²) in [6.07, 6.45) is 0. The van der Waals surface area contributed by atoms with Gasteiger partial charge in [-0.3, -0.25) is 4.79 Å². The Balaban J connectivity index is 2.26. The molecule has 2 aromatic carbocycles. The average molecular weight is 293 g/mol. The van der Waals surface area contributed by atoms with Crippen LogP contribution in [-0.2, 0) is 0 Å². The van der Waals surface area contributed by atoms with Gasteiger partial charge in [0.15, 0.2) is 11.5 Å². The van der Waals surface area contributed by atoms with Crippen molar-refractivity contribution >= 4 is 28.9 Å². The smallest absolute Gasteiger partial charge is 0.255 e. The van der Waals surface area contributed by atoms with Gasteiger partial charge < -0.3 is 20.9 Å². The number of ether oxygens (including phenoxy) is 1. The third-order valence-corrected chi connectivity index (χ3v) is 3.04. The van der Waals surface area contributed by atoms with Gasteiger partial charge in [0.25, 0.3) is 5.91 Å². The van der Waals surface area contributed by atoms with Crippen molar-refractivity contribution in [3.8, 4) is 11.5 Å². The molecule has 0 heterocycles. The summed E-state index contributed by atoms with van der Waals surface area (Å²) in [4.78, 5) is 12.1. The van der Waals surface area contributed by atoms with Crippen LogP contribution in [0.25, 0.3) is 0 Å². The van der Waals surface area contributed by atoms with E-state index in [0.717, 1.165) is 0 Å². The van der Waals surface area contributed by atoms with Crippen LogP contribution >= 0.6 is 11.6 Å². The zero-order valence-electron chi connectivity index (χ0n) is 10.7. The van der Waals surface area contributed by atoms with E-state index < -0.39 is 5.91 Å². The second-order valence-electron chi connectivity index (χ2n) is 4.04. The summed E-state index contributed by atoms with van der Waals surface area (Å²) in [5, 5.41) is 12.6. The largest absolute Gasteiger partial charge is 0.504 e. The van der Waals surface area contributed by atoms with Gasteiger partial charge in [0, 0.05) is 5.56 Å². The van der Waals surface area contributed by atoms with Gasteiger partial charge in [0.2, 0.25) is 0 Å². The van der Waals surface area contributed by atoms with Crippen LogP contribution in [0.1, 0.15) is 10.4 Å². The Morgan fingerprint density at radius 1 is 1.35 bits per heavy atom. The van der Waals surface area contributed by atoms with E-state index in [0.29, 0.717) is 22.1 Å². The highest BCUT2D eigenvalue weighted by Crippen LogP contribution is 2.30. The molecule has 0 atom stereocenters. The first-order valence-electron chi connectivity index (χ1n) is 5.75. The first-order chi connectivity index (χ1) is 9.52. The highest BCUT2D eigenvalue weighted by molar-refractivity contribution is 6.34. The summed E-state index contributed by atoms with van der Waals surface area (Å²) in [5.41, 5.74) is 6.73. The first-order valence-corrected chi connectivity index (χ1v) is 6.13. The molecule has 0 saturated carbocycles. The number of hydrogen-bond donors (Lipinski definition) is 3. The molecule has 5 nitrogen and oxygen atoms in total. The van der Waals surface area contributed by atoms with Crippen LogP contribution in [-0.4, -0.2) is 18.1 Å². The van der Waals surface area contributed by atoms with E-state index in [1.165, 1.54) is 25.3 Å². The molecule has 6 heteroatoms. The quantitative estimate of drug-likeness (QED) is 0.759. The number of phenols is 1. The highest BCUT2D eigenvalue weighted by atomic mass is 35.5. The van der Waals surface area contributed by atoms with Crippen LogP contribution in [0, 0.1) is 0 Å². The summed E-state index contributed by atoms with van der Waals surface area (Å²) in [7, 11) is 1.43.